The van der Waals surface area contributed by atoms with E-state index in [0.29, 0.717) is 45.8 Å². The third kappa shape index (κ3) is 33.6. The molecule has 6 aromatic rings. The van der Waals surface area contributed by atoms with E-state index in [0.717, 1.165) is 16.0 Å². The molecule has 3 heterocycles. The Labute approximate surface area is 808 Å². The summed E-state index contributed by atoms with van der Waals surface area (Å²) in [6.45, 7) is 11.5. The predicted octanol–water partition coefficient (Wildman–Crippen LogP) is 0.405. The third-order valence-corrected chi connectivity index (χ3v) is 24.8. The molecule has 0 aliphatic carbocycles. The van der Waals surface area contributed by atoms with E-state index in [-0.39, 0.29) is 81.5 Å². The van der Waals surface area contributed by atoms with Crippen molar-refractivity contribution < 1.29 is 112 Å². The summed E-state index contributed by atoms with van der Waals surface area (Å²) in [5.41, 5.74) is 14.8. The number of aliphatic hydroxyl groups excluding tert-OH is 1. The first-order chi connectivity index (χ1) is 66.0. The molecule has 8 rings (SSSR count). The minimum Gasteiger partial charge on any atom is -0.481 e. The van der Waals surface area contributed by atoms with E-state index in [1.165, 1.54) is 70.1 Å². The van der Waals surface area contributed by atoms with Gasteiger partial charge in [0.15, 0.2) is 0 Å². The van der Waals surface area contributed by atoms with Gasteiger partial charge in [-0.2, -0.15) is 0 Å². The molecule has 750 valence electrons. The fourth-order valence-electron chi connectivity index (χ4n) is 15.9. The normalized spacial score (nSPS) is 23.4. The quantitative estimate of drug-likeness (QED) is 0.0296. The van der Waals surface area contributed by atoms with Crippen LogP contribution in [0.3, 0.4) is 0 Å². The van der Waals surface area contributed by atoms with Crippen molar-refractivity contribution in [3.05, 3.63) is 167 Å². The summed E-state index contributed by atoms with van der Waals surface area (Å²) >= 11 is 0.695. The van der Waals surface area contributed by atoms with Gasteiger partial charge in [-0.1, -0.05) is 157 Å². The molecule has 2 fully saturated rings. The van der Waals surface area contributed by atoms with Crippen LogP contribution in [0.2, 0.25) is 0 Å². The number of aromatic carboxylic acids is 1. The number of hydrogen-bond acceptors (Lipinski definition) is 22. The van der Waals surface area contributed by atoms with Gasteiger partial charge in [0, 0.05) is 68.5 Å². The first kappa shape index (κ1) is 110. The van der Waals surface area contributed by atoms with Crippen molar-refractivity contribution in [3.8, 4) is 11.1 Å². The monoisotopic (exact) mass is 1940 g/mol. The summed E-state index contributed by atoms with van der Waals surface area (Å²) in [4.78, 5) is 279. The number of para-hydroxylation sites is 1. The zero-order valence-corrected chi connectivity index (χ0v) is 79.9. The van der Waals surface area contributed by atoms with Gasteiger partial charge in [0.2, 0.25) is 94.5 Å². The molecule has 41 nitrogen and oxygen atoms in total. The van der Waals surface area contributed by atoms with Crippen molar-refractivity contribution in [2.75, 3.05) is 38.2 Å². The van der Waals surface area contributed by atoms with E-state index in [4.69, 9.17) is 11.5 Å². The molecule has 2 saturated heterocycles. The Bertz CT molecular complexity index is 5340. The Balaban J connectivity index is 1.22. The number of aromatic amines is 1. The number of aliphatic hydroxyl groups is 1. The number of hydrogen-bond donors (Lipinski definition) is 20. The van der Waals surface area contributed by atoms with Crippen molar-refractivity contribution in [1.82, 2.24) is 83.9 Å². The Morgan fingerprint density at radius 1 is 0.482 bits per heavy atom. The minimum atomic E-state index is -2.13. The first-order valence-electron chi connectivity index (χ1n) is 46.2. The van der Waals surface area contributed by atoms with E-state index < -0.39 is 265 Å². The predicted molar refractivity (Wildman–Crippen MR) is 512 cm³/mol. The molecule has 15 atom stereocenters. The van der Waals surface area contributed by atoms with E-state index in [1.807, 2.05) is 30.3 Å². The third-order valence-electron chi connectivity index (χ3n) is 23.7. The minimum absolute atomic E-state index is 0.0379. The van der Waals surface area contributed by atoms with Gasteiger partial charge in [0.05, 0.1) is 24.3 Å². The van der Waals surface area contributed by atoms with Crippen LogP contribution in [0, 0.1) is 17.8 Å². The van der Waals surface area contributed by atoms with Crippen molar-refractivity contribution in [2.45, 2.75) is 236 Å². The highest BCUT2D eigenvalue weighted by molar-refractivity contribution is 8.00. The molecule has 2 aliphatic heterocycles. The molecular formula is C97H128N18O23S. The van der Waals surface area contributed by atoms with Crippen LogP contribution in [0.25, 0.3) is 22.0 Å². The number of nitrogens with one attached hydrogen (secondary N) is 14. The fraction of sp³-hybridized carbons (Fsp3) is 0.474. The van der Waals surface area contributed by atoms with Gasteiger partial charge in [-0.05, 0) is 141 Å². The molecule has 0 saturated carbocycles. The highest BCUT2D eigenvalue weighted by atomic mass is 32.2. The van der Waals surface area contributed by atoms with Gasteiger partial charge in [-0.25, -0.2) is 4.79 Å². The van der Waals surface area contributed by atoms with Crippen LogP contribution in [-0.2, 0) is 112 Å². The van der Waals surface area contributed by atoms with Crippen molar-refractivity contribution in [2.24, 2.45) is 29.2 Å². The number of fused-ring (bicyclic) bond motifs is 2. The largest absolute Gasteiger partial charge is 0.481 e. The zero-order chi connectivity index (χ0) is 102. The van der Waals surface area contributed by atoms with Gasteiger partial charge >= 0.3 is 17.9 Å². The van der Waals surface area contributed by atoms with E-state index in [9.17, 15) is 78.0 Å². The molecule has 22 N–H and O–H groups in total. The van der Waals surface area contributed by atoms with Crippen LogP contribution in [0.5, 0.6) is 0 Å². The molecule has 1 aromatic heterocycles. The number of unbranched alkanes of at least 4 members (excludes halogenated alkanes) is 1. The van der Waals surface area contributed by atoms with Crippen molar-refractivity contribution in [1.29, 1.82) is 0 Å². The average Bonchev–Trinajstić information content (AvgIpc) is 1.14. The highest BCUT2D eigenvalue weighted by Gasteiger charge is 2.44. The summed E-state index contributed by atoms with van der Waals surface area (Å²) in [6, 6.07) is 11.6. The summed E-state index contributed by atoms with van der Waals surface area (Å²) in [7, 11) is 1.22. The number of aliphatic carboxylic acids is 2. The van der Waals surface area contributed by atoms with Gasteiger partial charge in [0.1, 0.15) is 90.6 Å². The molecule has 16 amide bonds. The van der Waals surface area contributed by atoms with Crippen LogP contribution in [0.1, 0.15) is 152 Å². The second kappa shape index (κ2) is 53.5. The number of H-pyrrole nitrogens is 1. The lowest BCUT2D eigenvalue weighted by Crippen LogP contribution is -2.61. The number of aromatic nitrogens is 1. The smallest absolute Gasteiger partial charge is 0.335 e. The highest BCUT2D eigenvalue weighted by Crippen LogP contribution is 2.26. The van der Waals surface area contributed by atoms with Gasteiger partial charge < -0.3 is 116 Å². The Hall–Kier alpha value is -14.2. The van der Waals surface area contributed by atoms with Gasteiger partial charge in [-0.15, -0.1) is 11.8 Å². The Morgan fingerprint density at radius 2 is 0.950 bits per heavy atom. The number of rotatable bonds is 28. The van der Waals surface area contributed by atoms with E-state index >= 15 is 33.6 Å². The number of nitrogens with two attached hydrogens (primary N) is 2. The van der Waals surface area contributed by atoms with Crippen LogP contribution < -0.4 is 80.6 Å². The number of nitrogens with zero attached hydrogens (tertiary/aromatic N) is 2. The SMILES string of the molecule is CC(C)C[C@@H]1NC(=O)[C@H](Cc2c[nH]c3ccccc23)NC(=O)[C@H](CC(=O)O)NC(=O)[C@H](Cc2ccc(C(=O)O)cc2)NC(=O)[C@H](Cc2ccccc2)NC(=O)CSC[C@@H](C(=O)N[C@@H](C)C(N)=O)NC(=O)[C@H](CO)NC(=O)[C@H](C(C)C)NC(=O)[C@H](CC(C)C)NC(=O)[C@H](CCCCN)NC(=O)[C@H]2CCCN2C(=O)[C@H](C)N(C)C(=O)[C@H](CCC(=O)O)NC(=O)[C@H](Cc2ccc(-c3ccccc3)cc2)NC1=O. The molecular weight excluding hydrogens is 1820 g/mol. The molecule has 2 aliphatic rings. The Morgan fingerprint density at radius 3 is 1.49 bits per heavy atom. The van der Waals surface area contributed by atoms with Crippen LogP contribution in [0.4, 0.5) is 0 Å². The molecule has 0 spiro atoms. The van der Waals surface area contributed by atoms with Crippen LogP contribution in [0.15, 0.2) is 140 Å². The summed E-state index contributed by atoms with van der Waals surface area (Å²) in [5, 5.41) is 75.5. The second-order valence-corrected chi connectivity index (χ2v) is 36.9. The zero-order valence-electron chi connectivity index (χ0n) is 79.1. The van der Waals surface area contributed by atoms with Crippen molar-refractivity contribution >= 4 is 135 Å². The number of carbonyl (C=O) groups is 19. The lowest BCUT2D eigenvalue weighted by atomic mass is 9.98. The Kier molecular flexibility index (Phi) is 42.4. The average molecular weight is 1950 g/mol. The topological polar surface area (TPSA) is 636 Å². The van der Waals surface area contributed by atoms with E-state index in [1.54, 1.807) is 107 Å². The molecule has 42 heteroatoms. The number of likely N-dealkylation sites (N-methyl/N-ethyl adjacent to an activating group) is 1. The van der Waals surface area contributed by atoms with Gasteiger partial charge in [0.25, 0.3) is 0 Å². The van der Waals surface area contributed by atoms with Crippen LogP contribution in [-0.4, -0.2) is 277 Å². The van der Waals surface area contributed by atoms with E-state index in [2.05, 4.69) is 74.1 Å². The number of thioether (sulfide) groups is 1. The first-order valence-corrected chi connectivity index (χ1v) is 47.4. The molecule has 0 bridgehead atoms. The summed E-state index contributed by atoms with van der Waals surface area (Å²) in [5.74, 6) is -23.4. The maximum absolute atomic E-state index is 15.5. The number of carboxylic acids is 3. The molecule has 0 unspecified atom stereocenters. The van der Waals surface area contributed by atoms with Crippen LogP contribution >= 0.6 is 11.8 Å². The van der Waals surface area contributed by atoms with Gasteiger partial charge in [-0.3, -0.25) is 86.3 Å². The molecule has 5 aromatic carbocycles. The standard InChI is InChI=1S/C97H128N18O23S/c1-52(2)41-68-84(124)107-71(44-58-29-33-61(34-30-58)60-23-14-11-15-24-60)86(126)104-67(37-38-79(118)119)96(136)114(9)56(8)95(135)115-40-20-28-77(115)93(133)103-66(27-18-19-39-98)83(123)105-69(42-53(3)4)90(130)113-81(54(5)6)94(134)111-75(49-116)91(131)112-76(92(132)101-55(7)82(99)122)50-139-51-78(117)102-70(43-57-21-12-10-13-22-57)85(125)108-72(45-59-31-35-62(36-32-59)97(137)138)87(127)110-74(47-80(120)121)89(129)109-73(88(128)106-68)46-63-48-100-65-26-17-16-25-64(63)65/h10-17,21-26,29-36,48,52-56,66-77,81,100,116H,18-20,27-28,37-47,49-51,98H2,1-9H3,(H2,99,122)(H,101,132)(H,102,117)(H,103,133)(H,104,126)(H,105,123)(H,106,128)(H,107,124)(H,108,125)(H,109,129)(H,110,127)(H,111,134)(H,112,131)(H,113,130)(H,118,119)(H,120,121)(H,137,138)/t55-,56-,66-,67-,68-,69-,70-,71-,72-,73-,74-,75-,76-,77+,81-/m0/s1. The number of carboxylic acid groups (broad SMARTS) is 3. The molecule has 139 heavy (non-hydrogen) atoms. The second-order valence-electron chi connectivity index (χ2n) is 35.9. The maximum atomic E-state index is 15.5. The number of primary amides is 1. The lowest BCUT2D eigenvalue weighted by molar-refractivity contribution is -0.148. The summed E-state index contributed by atoms with van der Waals surface area (Å²) < 4.78 is 0. The maximum Gasteiger partial charge on any atom is 0.335 e. The molecule has 0 radical (unpaired) electrons. The fourth-order valence-corrected chi connectivity index (χ4v) is 16.8. The number of benzene rings is 5. The summed E-state index contributed by atoms with van der Waals surface area (Å²) in [6.07, 6.45) is -1.88. The number of amides is 16. The lowest BCUT2D eigenvalue weighted by Gasteiger charge is -2.34. The number of carbonyl (C=O) groups excluding carboxylic acids is 16. The van der Waals surface area contributed by atoms with Crippen molar-refractivity contribution in [3.63, 3.8) is 0 Å².